The lowest BCUT2D eigenvalue weighted by atomic mass is 9.85. The Morgan fingerprint density at radius 1 is 1.06 bits per heavy atom. The second kappa shape index (κ2) is 8.59. The normalized spacial score (nSPS) is 13.3. The zero-order chi connectivity index (χ0) is 23.8. The van der Waals surface area contributed by atoms with E-state index in [4.69, 9.17) is 34.8 Å². The molecular formula is C17H14Cl3F6N3O2. The average molecular weight is 513 g/mol. The Morgan fingerprint density at radius 2 is 1.58 bits per heavy atom. The summed E-state index contributed by atoms with van der Waals surface area (Å²) in [6, 6.07) is 6.34. The van der Waals surface area contributed by atoms with Crippen LogP contribution in [-0.2, 0) is 10.2 Å². The molecule has 14 heteroatoms. The third-order valence-electron chi connectivity index (χ3n) is 4.23. The van der Waals surface area contributed by atoms with E-state index in [1.165, 1.54) is 12.1 Å². The number of carbonyl (C=O) groups is 1. The third-order valence-corrected chi connectivity index (χ3v) is 4.56. The average Bonchev–Trinajstić information content (AvgIpc) is 3.01. The molecule has 5 nitrogen and oxygen atoms in total. The van der Waals surface area contributed by atoms with Gasteiger partial charge in [0.15, 0.2) is 0 Å². The molecule has 1 amide bonds. The first-order valence-electron chi connectivity index (χ1n) is 8.27. The minimum atomic E-state index is -5.73. The number of alkyl halides is 9. The number of anilines is 1. The van der Waals surface area contributed by atoms with Crippen LogP contribution in [0.4, 0.5) is 37.0 Å². The van der Waals surface area contributed by atoms with Gasteiger partial charge in [-0.25, -0.2) is 9.48 Å². The predicted octanol–water partition coefficient (Wildman–Crippen LogP) is 6.48. The molecule has 0 unspecified atom stereocenters. The lowest BCUT2D eigenvalue weighted by Crippen LogP contribution is -2.51. The largest absolute Gasteiger partial charge is 0.445 e. The summed E-state index contributed by atoms with van der Waals surface area (Å²) in [5.74, 6) is -0.520. The number of rotatable bonds is 4. The zero-order valence-corrected chi connectivity index (χ0v) is 18.0. The molecule has 31 heavy (non-hydrogen) atoms. The number of carbonyl (C=O) groups excluding carboxylic acids is 1. The summed E-state index contributed by atoms with van der Waals surface area (Å²) in [6.45, 7) is 0.952. The number of benzene rings is 1. The van der Waals surface area contributed by atoms with E-state index in [0.717, 1.165) is 5.56 Å². The van der Waals surface area contributed by atoms with Gasteiger partial charge in [-0.2, -0.15) is 31.4 Å². The van der Waals surface area contributed by atoms with Gasteiger partial charge in [-0.15, -0.1) is 0 Å². The fraction of sp³-hybridized carbons (Fsp3) is 0.412. The van der Waals surface area contributed by atoms with Gasteiger partial charge in [0.1, 0.15) is 12.4 Å². The summed E-state index contributed by atoms with van der Waals surface area (Å²) in [7, 11) is 0. The lowest BCUT2D eigenvalue weighted by molar-refractivity contribution is -0.298. The van der Waals surface area contributed by atoms with Crippen LogP contribution in [0.3, 0.4) is 0 Å². The Hall–Kier alpha value is -1.85. The van der Waals surface area contributed by atoms with Crippen molar-refractivity contribution in [3.63, 3.8) is 0 Å². The van der Waals surface area contributed by atoms with Crippen LogP contribution >= 0.6 is 34.8 Å². The predicted molar refractivity (Wildman–Crippen MR) is 103 cm³/mol. The van der Waals surface area contributed by atoms with Crippen LogP contribution < -0.4 is 5.32 Å². The summed E-state index contributed by atoms with van der Waals surface area (Å²) in [5.41, 5.74) is -4.85. The van der Waals surface area contributed by atoms with Gasteiger partial charge >= 0.3 is 18.4 Å². The van der Waals surface area contributed by atoms with Crippen LogP contribution in [-0.4, -0.2) is 38.6 Å². The van der Waals surface area contributed by atoms with Crippen LogP contribution in [0.25, 0.3) is 5.69 Å². The van der Waals surface area contributed by atoms with Gasteiger partial charge in [-0.1, -0.05) is 52.5 Å². The number of ether oxygens (including phenoxy) is 1. The standard InChI is InChI=1S/C17H14Cl3F6N3O2/c1-9-3-5-10(6-4-9)29-12(27-13(30)31-8-15(18,19)20)7-11(28-29)14(2,16(21,22)23)17(24,25)26/h3-7H,8H2,1-2H3,(H,27,30). The van der Waals surface area contributed by atoms with Crippen LogP contribution in [0.5, 0.6) is 0 Å². The van der Waals surface area contributed by atoms with E-state index < -0.39 is 45.8 Å². The summed E-state index contributed by atoms with van der Waals surface area (Å²) in [6.07, 6.45) is -12.7. The summed E-state index contributed by atoms with van der Waals surface area (Å²) in [5, 5.41) is 5.53. The topological polar surface area (TPSA) is 56.2 Å². The summed E-state index contributed by atoms with van der Waals surface area (Å²) in [4.78, 5) is 12.0. The van der Waals surface area contributed by atoms with Gasteiger partial charge in [0.2, 0.25) is 9.21 Å². The zero-order valence-electron chi connectivity index (χ0n) is 15.7. The van der Waals surface area contributed by atoms with Crippen molar-refractivity contribution < 1.29 is 35.9 Å². The first kappa shape index (κ1) is 25.4. The Morgan fingerprint density at radius 3 is 2.03 bits per heavy atom. The SMILES string of the molecule is Cc1ccc(-n2nc(C(C)(C(F)(F)F)C(F)(F)F)cc2NC(=O)OCC(Cl)(Cl)Cl)cc1. The fourth-order valence-electron chi connectivity index (χ4n) is 2.34. The van der Waals surface area contributed by atoms with E-state index >= 15 is 0 Å². The van der Waals surface area contributed by atoms with Gasteiger partial charge in [0, 0.05) is 6.07 Å². The number of nitrogens with one attached hydrogen (secondary N) is 1. The highest BCUT2D eigenvalue weighted by atomic mass is 35.6. The number of aromatic nitrogens is 2. The first-order chi connectivity index (χ1) is 14.0. The molecule has 0 bridgehead atoms. The monoisotopic (exact) mass is 511 g/mol. The second-order valence-electron chi connectivity index (χ2n) is 6.60. The summed E-state index contributed by atoms with van der Waals surface area (Å²) >= 11 is 16.3. The number of hydrogen-bond acceptors (Lipinski definition) is 3. The van der Waals surface area contributed by atoms with Gasteiger partial charge in [0.25, 0.3) is 0 Å². The number of hydrogen-bond donors (Lipinski definition) is 1. The molecule has 0 atom stereocenters. The number of nitrogens with zero attached hydrogens (tertiary/aromatic N) is 2. The molecule has 2 rings (SSSR count). The molecule has 0 saturated heterocycles. The van der Waals surface area contributed by atoms with Crippen molar-refractivity contribution in [2.24, 2.45) is 0 Å². The van der Waals surface area contributed by atoms with Crippen molar-refractivity contribution in [3.05, 3.63) is 41.6 Å². The number of halogens is 9. The Balaban J connectivity index is 2.57. The highest BCUT2D eigenvalue weighted by Crippen LogP contribution is 2.51. The molecule has 0 saturated carbocycles. The van der Waals surface area contributed by atoms with Crippen molar-refractivity contribution in [1.82, 2.24) is 9.78 Å². The molecule has 2 aromatic rings. The Labute approximate surface area is 187 Å². The molecule has 0 fully saturated rings. The molecular weight excluding hydrogens is 499 g/mol. The molecule has 1 heterocycles. The molecule has 0 aliphatic heterocycles. The van der Waals surface area contributed by atoms with Crippen LogP contribution in [0.2, 0.25) is 0 Å². The molecule has 0 aliphatic carbocycles. The molecule has 1 aromatic carbocycles. The van der Waals surface area contributed by atoms with Crippen LogP contribution in [0.1, 0.15) is 18.2 Å². The fourth-order valence-corrected chi connectivity index (χ4v) is 2.50. The van der Waals surface area contributed by atoms with E-state index in [1.54, 1.807) is 19.1 Å². The molecule has 0 aliphatic rings. The van der Waals surface area contributed by atoms with E-state index in [2.05, 4.69) is 9.84 Å². The molecule has 172 valence electrons. The van der Waals surface area contributed by atoms with Crippen LogP contribution in [0.15, 0.2) is 30.3 Å². The van der Waals surface area contributed by atoms with E-state index in [0.29, 0.717) is 10.7 Å². The Kier molecular flexibility index (Phi) is 7.04. The van der Waals surface area contributed by atoms with Gasteiger partial charge in [0.05, 0.1) is 11.4 Å². The number of amides is 1. The van der Waals surface area contributed by atoms with E-state index in [1.807, 2.05) is 5.32 Å². The van der Waals surface area contributed by atoms with Crippen molar-refractivity contribution in [2.45, 2.75) is 35.4 Å². The highest BCUT2D eigenvalue weighted by molar-refractivity contribution is 6.67. The van der Waals surface area contributed by atoms with E-state index in [-0.39, 0.29) is 12.6 Å². The molecule has 1 N–H and O–H groups in total. The van der Waals surface area contributed by atoms with Gasteiger partial charge < -0.3 is 4.74 Å². The second-order valence-corrected chi connectivity index (χ2v) is 9.12. The van der Waals surface area contributed by atoms with E-state index in [9.17, 15) is 31.1 Å². The summed E-state index contributed by atoms with van der Waals surface area (Å²) < 4.78 is 84.2. The van der Waals surface area contributed by atoms with Crippen molar-refractivity contribution in [1.29, 1.82) is 0 Å². The Bertz CT molecular complexity index is 923. The van der Waals surface area contributed by atoms with Crippen molar-refractivity contribution in [3.8, 4) is 5.69 Å². The molecule has 0 radical (unpaired) electrons. The maximum atomic E-state index is 13.5. The first-order valence-corrected chi connectivity index (χ1v) is 9.40. The van der Waals surface area contributed by atoms with Crippen molar-refractivity contribution in [2.75, 3.05) is 11.9 Å². The third kappa shape index (κ3) is 5.69. The van der Waals surface area contributed by atoms with Crippen LogP contribution in [0, 0.1) is 6.92 Å². The smallest absolute Gasteiger partial charge is 0.412 e. The quantitative estimate of drug-likeness (QED) is 0.377. The minimum Gasteiger partial charge on any atom is -0.445 e. The van der Waals surface area contributed by atoms with Gasteiger partial charge in [-0.05, 0) is 26.0 Å². The number of aryl methyl sites for hydroxylation is 1. The van der Waals surface area contributed by atoms with Crippen molar-refractivity contribution >= 4 is 46.7 Å². The highest BCUT2D eigenvalue weighted by Gasteiger charge is 2.70. The molecule has 1 aromatic heterocycles. The maximum Gasteiger partial charge on any atom is 0.412 e. The lowest BCUT2D eigenvalue weighted by Gasteiger charge is -2.32. The maximum absolute atomic E-state index is 13.5. The minimum absolute atomic E-state index is 0.0419. The van der Waals surface area contributed by atoms with Gasteiger partial charge in [-0.3, -0.25) is 5.32 Å². The molecule has 0 spiro atoms.